The van der Waals surface area contributed by atoms with Gasteiger partial charge in [-0.15, -0.1) is 11.3 Å². The first kappa shape index (κ1) is 17.3. The standard InChI is InChI=1S/C19H24F2N2S/c1-5-14-17(22-18(24-14)19(2,3)4)12-8-9-13(16(21)15(12)20)23-10-6-7-11-23/h8-9H,5-7,10-11H2,1-4H3. The van der Waals surface area contributed by atoms with Crippen LogP contribution in [0.25, 0.3) is 11.3 Å². The molecule has 0 atom stereocenters. The lowest BCUT2D eigenvalue weighted by molar-refractivity contribution is 0.509. The summed E-state index contributed by atoms with van der Waals surface area (Å²) in [6.45, 7) is 9.87. The number of nitrogens with zero attached hydrogens (tertiary/aromatic N) is 2. The van der Waals surface area contributed by atoms with Crippen molar-refractivity contribution in [3.8, 4) is 11.3 Å². The minimum absolute atomic E-state index is 0.0999. The molecule has 0 amide bonds. The van der Waals surface area contributed by atoms with Crippen molar-refractivity contribution in [2.45, 2.75) is 52.4 Å². The Labute approximate surface area is 146 Å². The maximum Gasteiger partial charge on any atom is 0.182 e. The molecule has 1 aromatic carbocycles. The topological polar surface area (TPSA) is 16.1 Å². The second-order valence-electron chi connectivity index (χ2n) is 7.35. The largest absolute Gasteiger partial charge is 0.369 e. The number of thiazole rings is 1. The number of rotatable bonds is 3. The van der Waals surface area contributed by atoms with E-state index >= 15 is 0 Å². The van der Waals surface area contributed by atoms with Crippen LogP contribution in [-0.2, 0) is 11.8 Å². The second-order valence-corrected chi connectivity index (χ2v) is 8.43. The molecular formula is C19H24F2N2S. The minimum Gasteiger partial charge on any atom is -0.369 e. The molecule has 0 bridgehead atoms. The Morgan fingerprint density at radius 2 is 1.79 bits per heavy atom. The molecule has 0 N–H and O–H groups in total. The predicted octanol–water partition coefficient (Wildman–Crippen LogP) is 5.55. The highest BCUT2D eigenvalue weighted by molar-refractivity contribution is 7.12. The Morgan fingerprint density at radius 3 is 2.38 bits per heavy atom. The summed E-state index contributed by atoms with van der Waals surface area (Å²) in [4.78, 5) is 7.58. The van der Waals surface area contributed by atoms with Crippen molar-refractivity contribution in [3.05, 3.63) is 33.7 Å². The molecule has 1 aliphatic rings. The molecule has 0 unspecified atom stereocenters. The summed E-state index contributed by atoms with van der Waals surface area (Å²) in [5.41, 5.74) is 1.14. The number of anilines is 1. The maximum absolute atomic E-state index is 14.8. The van der Waals surface area contributed by atoms with E-state index in [1.807, 2.05) is 11.8 Å². The number of aryl methyl sites for hydroxylation is 1. The Bertz CT molecular complexity index is 741. The van der Waals surface area contributed by atoms with Crippen LogP contribution < -0.4 is 4.90 Å². The van der Waals surface area contributed by atoms with E-state index in [2.05, 4.69) is 25.8 Å². The Morgan fingerprint density at radius 1 is 1.12 bits per heavy atom. The quantitative estimate of drug-likeness (QED) is 0.721. The molecule has 1 aromatic heterocycles. The van der Waals surface area contributed by atoms with E-state index in [1.165, 1.54) is 0 Å². The van der Waals surface area contributed by atoms with Crippen LogP contribution in [0.2, 0.25) is 0 Å². The predicted molar refractivity (Wildman–Crippen MR) is 97.0 cm³/mol. The highest BCUT2D eigenvalue weighted by Crippen LogP contribution is 2.38. The summed E-state index contributed by atoms with van der Waals surface area (Å²) in [5.74, 6) is -1.53. The number of hydrogen-bond acceptors (Lipinski definition) is 3. The lowest BCUT2D eigenvalue weighted by atomic mass is 9.98. The number of benzene rings is 1. The lowest BCUT2D eigenvalue weighted by Gasteiger charge is -2.19. The van der Waals surface area contributed by atoms with Gasteiger partial charge in [-0.05, 0) is 31.4 Å². The lowest BCUT2D eigenvalue weighted by Crippen LogP contribution is -2.19. The molecule has 0 saturated carbocycles. The first-order valence-corrected chi connectivity index (χ1v) is 9.38. The zero-order valence-corrected chi connectivity index (χ0v) is 15.6. The first-order valence-electron chi connectivity index (χ1n) is 8.56. The van der Waals surface area contributed by atoms with Crippen LogP contribution in [0.5, 0.6) is 0 Å². The molecule has 24 heavy (non-hydrogen) atoms. The molecule has 0 aliphatic carbocycles. The van der Waals surface area contributed by atoms with E-state index in [1.54, 1.807) is 23.5 Å². The monoisotopic (exact) mass is 350 g/mol. The third kappa shape index (κ3) is 3.06. The van der Waals surface area contributed by atoms with Crippen molar-refractivity contribution in [3.63, 3.8) is 0 Å². The van der Waals surface area contributed by atoms with Crippen LogP contribution in [0.1, 0.15) is 50.4 Å². The van der Waals surface area contributed by atoms with Gasteiger partial charge in [0.25, 0.3) is 0 Å². The van der Waals surface area contributed by atoms with Gasteiger partial charge in [-0.2, -0.15) is 0 Å². The van der Waals surface area contributed by atoms with E-state index in [4.69, 9.17) is 0 Å². The molecule has 5 heteroatoms. The zero-order chi connectivity index (χ0) is 17.5. The van der Waals surface area contributed by atoms with E-state index in [0.717, 1.165) is 42.2 Å². The van der Waals surface area contributed by atoms with Gasteiger partial charge in [0, 0.05) is 28.9 Å². The molecule has 2 nitrogen and oxygen atoms in total. The third-order valence-electron chi connectivity index (χ3n) is 4.42. The van der Waals surface area contributed by atoms with Gasteiger partial charge in [0.2, 0.25) is 0 Å². The fourth-order valence-corrected chi connectivity index (χ4v) is 4.12. The van der Waals surface area contributed by atoms with Gasteiger partial charge in [-0.1, -0.05) is 27.7 Å². The second kappa shape index (κ2) is 6.43. The van der Waals surface area contributed by atoms with Crippen molar-refractivity contribution >= 4 is 17.0 Å². The molecular weight excluding hydrogens is 326 g/mol. The molecule has 1 saturated heterocycles. The normalized spacial score (nSPS) is 15.3. The van der Waals surface area contributed by atoms with Crippen molar-refractivity contribution < 1.29 is 8.78 Å². The molecule has 0 spiro atoms. The molecule has 1 aliphatic heterocycles. The average Bonchev–Trinajstić information content (AvgIpc) is 3.18. The molecule has 0 radical (unpaired) electrons. The van der Waals surface area contributed by atoms with Gasteiger partial charge in [0.05, 0.1) is 16.4 Å². The zero-order valence-electron chi connectivity index (χ0n) is 14.7. The van der Waals surface area contributed by atoms with Crippen LogP contribution in [-0.4, -0.2) is 18.1 Å². The van der Waals surface area contributed by atoms with Gasteiger partial charge in [-0.3, -0.25) is 0 Å². The maximum atomic E-state index is 14.8. The van der Waals surface area contributed by atoms with E-state index < -0.39 is 11.6 Å². The Balaban J connectivity index is 2.07. The van der Waals surface area contributed by atoms with E-state index in [9.17, 15) is 8.78 Å². The van der Waals surface area contributed by atoms with E-state index in [-0.39, 0.29) is 11.0 Å². The van der Waals surface area contributed by atoms with Crippen molar-refractivity contribution in [1.82, 2.24) is 4.98 Å². The number of aromatic nitrogens is 1. The highest BCUT2D eigenvalue weighted by atomic mass is 32.1. The van der Waals surface area contributed by atoms with Crippen molar-refractivity contribution in [2.75, 3.05) is 18.0 Å². The van der Waals surface area contributed by atoms with Crippen LogP contribution in [0.3, 0.4) is 0 Å². The minimum atomic E-state index is -0.778. The van der Waals surface area contributed by atoms with Crippen LogP contribution >= 0.6 is 11.3 Å². The SMILES string of the molecule is CCc1sc(C(C)(C)C)nc1-c1ccc(N2CCCC2)c(F)c1F. The summed E-state index contributed by atoms with van der Waals surface area (Å²) in [6, 6.07) is 3.39. The van der Waals surface area contributed by atoms with Gasteiger partial charge >= 0.3 is 0 Å². The van der Waals surface area contributed by atoms with Crippen LogP contribution in [0.4, 0.5) is 14.5 Å². The molecule has 2 aromatic rings. The summed E-state index contributed by atoms with van der Waals surface area (Å²) in [6.07, 6.45) is 2.83. The van der Waals surface area contributed by atoms with Crippen LogP contribution in [0, 0.1) is 11.6 Å². The number of hydrogen-bond donors (Lipinski definition) is 0. The third-order valence-corrected chi connectivity index (χ3v) is 6.05. The average molecular weight is 350 g/mol. The summed E-state index contributed by atoms with van der Waals surface area (Å²) >= 11 is 1.59. The molecule has 3 rings (SSSR count). The first-order chi connectivity index (χ1) is 11.3. The summed E-state index contributed by atoms with van der Waals surface area (Å²) < 4.78 is 29.4. The van der Waals surface area contributed by atoms with Crippen molar-refractivity contribution in [1.29, 1.82) is 0 Å². The van der Waals surface area contributed by atoms with Gasteiger partial charge in [0.1, 0.15) is 0 Å². The van der Waals surface area contributed by atoms with E-state index in [0.29, 0.717) is 11.4 Å². The summed E-state index contributed by atoms with van der Waals surface area (Å²) in [5, 5.41) is 0.956. The highest BCUT2D eigenvalue weighted by Gasteiger charge is 2.26. The Hall–Kier alpha value is -1.49. The molecule has 2 heterocycles. The molecule has 1 fully saturated rings. The molecule has 130 valence electrons. The Kier molecular flexibility index (Phi) is 4.65. The van der Waals surface area contributed by atoms with Crippen molar-refractivity contribution in [2.24, 2.45) is 0 Å². The number of halogens is 2. The summed E-state index contributed by atoms with van der Waals surface area (Å²) in [7, 11) is 0. The van der Waals surface area contributed by atoms with Gasteiger partial charge in [0.15, 0.2) is 11.6 Å². The fourth-order valence-electron chi connectivity index (χ4n) is 3.05. The fraction of sp³-hybridized carbons (Fsp3) is 0.526. The van der Waals surface area contributed by atoms with Gasteiger partial charge in [-0.25, -0.2) is 13.8 Å². The smallest absolute Gasteiger partial charge is 0.182 e. The van der Waals surface area contributed by atoms with Gasteiger partial charge < -0.3 is 4.90 Å². The van der Waals surface area contributed by atoms with Crippen LogP contribution in [0.15, 0.2) is 12.1 Å².